The first kappa shape index (κ1) is 23.7. The van der Waals surface area contributed by atoms with Gasteiger partial charge in [-0.1, -0.05) is 51.0 Å². The van der Waals surface area contributed by atoms with Gasteiger partial charge in [0, 0.05) is 5.69 Å². The van der Waals surface area contributed by atoms with E-state index in [2.05, 4.69) is 5.32 Å². The molecule has 4 rings (SSSR count). The first-order chi connectivity index (χ1) is 16.4. The van der Waals surface area contributed by atoms with Crippen LogP contribution in [0.1, 0.15) is 61.0 Å². The molecule has 2 atom stereocenters. The van der Waals surface area contributed by atoms with Gasteiger partial charge in [-0.05, 0) is 55.0 Å². The number of esters is 1. The Hall–Kier alpha value is -3.48. The summed E-state index contributed by atoms with van der Waals surface area (Å²) in [4.78, 5) is 52.1. The monoisotopic (exact) mass is 462 g/mol. The molecule has 1 saturated carbocycles. The molecular formula is C27H30N2O5. The van der Waals surface area contributed by atoms with E-state index in [0.717, 1.165) is 55.3 Å². The van der Waals surface area contributed by atoms with Gasteiger partial charge in [0.1, 0.15) is 0 Å². The van der Waals surface area contributed by atoms with E-state index in [4.69, 9.17) is 4.74 Å². The number of anilines is 2. The Kier molecular flexibility index (Phi) is 7.10. The zero-order chi connectivity index (χ0) is 24.2. The molecule has 2 fully saturated rings. The maximum Gasteiger partial charge on any atom is 0.338 e. The molecular weight excluding hydrogens is 432 g/mol. The van der Waals surface area contributed by atoms with Crippen LogP contribution >= 0.6 is 0 Å². The van der Waals surface area contributed by atoms with Crippen LogP contribution in [-0.4, -0.2) is 30.3 Å². The molecule has 1 heterocycles. The van der Waals surface area contributed by atoms with E-state index in [9.17, 15) is 19.2 Å². The van der Waals surface area contributed by atoms with Gasteiger partial charge in [-0.2, -0.15) is 0 Å². The summed E-state index contributed by atoms with van der Waals surface area (Å²) in [7, 11) is 0. The largest absolute Gasteiger partial charge is 0.452 e. The lowest BCUT2D eigenvalue weighted by Crippen LogP contribution is -2.31. The zero-order valence-corrected chi connectivity index (χ0v) is 19.6. The summed E-state index contributed by atoms with van der Waals surface area (Å²) in [5.41, 5.74) is 3.36. The predicted octanol–water partition coefficient (Wildman–Crippen LogP) is 4.29. The van der Waals surface area contributed by atoms with Crippen molar-refractivity contribution in [3.63, 3.8) is 0 Å². The highest BCUT2D eigenvalue weighted by atomic mass is 16.5. The highest BCUT2D eigenvalue weighted by molar-refractivity contribution is 6.22. The van der Waals surface area contributed by atoms with Crippen molar-refractivity contribution in [2.24, 2.45) is 11.8 Å². The first-order valence-electron chi connectivity index (χ1n) is 12.0. The Labute approximate surface area is 199 Å². The van der Waals surface area contributed by atoms with Crippen LogP contribution in [0, 0.1) is 11.8 Å². The van der Waals surface area contributed by atoms with E-state index in [0.29, 0.717) is 5.69 Å². The van der Waals surface area contributed by atoms with Gasteiger partial charge in [0.15, 0.2) is 6.61 Å². The third-order valence-corrected chi connectivity index (χ3v) is 6.78. The number of amides is 3. The molecule has 0 unspecified atom stereocenters. The second kappa shape index (κ2) is 10.2. The van der Waals surface area contributed by atoms with Crippen LogP contribution in [-0.2, 0) is 32.0 Å². The molecule has 0 aromatic heterocycles. The average molecular weight is 463 g/mol. The van der Waals surface area contributed by atoms with Crippen LogP contribution in [0.15, 0.2) is 42.5 Å². The molecule has 3 amide bonds. The number of rotatable bonds is 7. The van der Waals surface area contributed by atoms with Gasteiger partial charge in [0.05, 0.1) is 23.1 Å². The number of carbonyl (C=O) groups is 4. The molecule has 1 N–H and O–H groups in total. The van der Waals surface area contributed by atoms with Crippen molar-refractivity contribution in [1.82, 2.24) is 0 Å². The van der Waals surface area contributed by atoms with Crippen molar-refractivity contribution in [2.75, 3.05) is 16.8 Å². The fourth-order valence-corrected chi connectivity index (χ4v) is 4.98. The smallest absolute Gasteiger partial charge is 0.338 e. The van der Waals surface area contributed by atoms with E-state index >= 15 is 0 Å². The standard InChI is InChI=1S/C27H30N2O5/c1-3-17-9-7-10-18(4-2)24(17)28-23(30)16-34-27(33)19-11-8-12-20(15-19)29-25(31)21-13-5-6-14-22(21)26(29)32/h7-12,15,21-22H,3-6,13-14,16H2,1-2H3,(H,28,30)/t21-,22+. The first-order valence-corrected chi connectivity index (χ1v) is 12.0. The van der Waals surface area contributed by atoms with Gasteiger partial charge >= 0.3 is 5.97 Å². The van der Waals surface area contributed by atoms with Crippen LogP contribution < -0.4 is 10.2 Å². The van der Waals surface area contributed by atoms with Crippen molar-refractivity contribution in [2.45, 2.75) is 52.4 Å². The summed E-state index contributed by atoms with van der Waals surface area (Å²) in [6.07, 6.45) is 4.89. The van der Waals surface area contributed by atoms with Gasteiger partial charge in [-0.25, -0.2) is 4.79 Å². The summed E-state index contributed by atoms with van der Waals surface area (Å²) in [5, 5.41) is 2.87. The summed E-state index contributed by atoms with van der Waals surface area (Å²) < 4.78 is 5.24. The van der Waals surface area contributed by atoms with Crippen molar-refractivity contribution >= 4 is 35.1 Å². The van der Waals surface area contributed by atoms with Gasteiger partial charge in [-0.15, -0.1) is 0 Å². The normalized spacial score (nSPS) is 19.6. The van der Waals surface area contributed by atoms with Crippen molar-refractivity contribution in [3.8, 4) is 0 Å². The average Bonchev–Trinajstić information content (AvgIpc) is 3.12. The maximum absolute atomic E-state index is 12.9. The van der Waals surface area contributed by atoms with E-state index in [1.165, 1.54) is 11.0 Å². The number of para-hydroxylation sites is 1. The van der Waals surface area contributed by atoms with Crippen LogP contribution in [0.4, 0.5) is 11.4 Å². The molecule has 178 valence electrons. The van der Waals surface area contributed by atoms with Gasteiger partial charge in [0.25, 0.3) is 5.91 Å². The predicted molar refractivity (Wildman–Crippen MR) is 128 cm³/mol. The molecule has 34 heavy (non-hydrogen) atoms. The van der Waals surface area contributed by atoms with Gasteiger partial charge in [0.2, 0.25) is 11.8 Å². The van der Waals surface area contributed by atoms with E-state index in [1.807, 2.05) is 32.0 Å². The second-order valence-electron chi connectivity index (χ2n) is 8.84. The Balaban J connectivity index is 1.42. The van der Waals surface area contributed by atoms with E-state index < -0.39 is 18.5 Å². The molecule has 1 aliphatic carbocycles. The molecule has 1 saturated heterocycles. The fourth-order valence-electron chi connectivity index (χ4n) is 4.98. The number of nitrogens with zero attached hydrogens (tertiary/aromatic N) is 1. The van der Waals surface area contributed by atoms with Crippen LogP contribution in [0.2, 0.25) is 0 Å². The van der Waals surface area contributed by atoms with E-state index in [-0.39, 0.29) is 29.2 Å². The number of hydrogen-bond donors (Lipinski definition) is 1. The molecule has 2 aromatic rings. The SMILES string of the molecule is CCc1cccc(CC)c1NC(=O)COC(=O)c1cccc(N2C(=O)[C@H]3CCCC[C@H]3C2=O)c1. The van der Waals surface area contributed by atoms with Gasteiger partial charge in [-0.3, -0.25) is 19.3 Å². The number of fused-ring (bicyclic) bond motifs is 1. The molecule has 2 aliphatic rings. The lowest BCUT2D eigenvalue weighted by atomic mass is 9.81. The highest BCUT2D eigenvalue weighted by Gasteiger charge is 2.48. The lowest BCUT2D eigenvalue weighted by molar-refractivity contribution is -0.122. The van der Waals surface area contributed by atoms with Crippen LogP contribution in [0.25, 0.3) is 0 Å². The minimum atomic E-state index is -0.687. The third kappa shape index (κ3) is 4.60. The highest BCUT2D eigenvalue weighted by Crippen LogP contribution is 2.40. The number of ether oxygens (including phenoxy) is 1. The van der Waals surface area contributed by atoms with Crippen molar-refractivity contribution in [3.05, 3.63) is 59.2 Å². The van der Waals surface area contributed by atoms with Gasteiger partial charge < -0.3 is 10.1 Å². The van der Waals surface area contributed by atoms with Crippen molar-refractivity contribution in [1.29, 1.82) is 0 Å². The lowest BCUT2D eigenvalue weighted by Gasteiger charge is -2.19. The minimum absolute atomic E-state index is 0.184. The van der Waals surface area contributed by atoms with Crippen LogP contribution in [0.5, 0.6) is 0 Å². The number of aryl methyl sites for hydroxylation is 2. The fraction of sp³-hybridized carbons (Fsp3) is 0.407. The number of nitrogens with one attached hydrogen (secondary N) is 1. The second-order valence-corrected chi connectivity index (χ2v) is 8.84. The minimum Gasteiger partial charge on any atom is -0.452 e. The maximum atomic E-state index is 12.9. The zero-order valence-electron chi connectivity index (χ0n) is 19.6. The summed E-state index contributed by atoms with van der Waals surface area (Å²) in [5.74, 6) is -2.02. The third-order valence-electron chi connectivity index (χ3n) is 6.78. The Morgan fingerprint density at radius 3 is 2.12 bits per heavy atom. The molecule has 0 spiro atoms. The Bertz CT molecular complexity index is 1080. The number of benzene rings is 2. The molecule has 1 aliphatic heterocycles. The number of carbonyl (C=O) groups excluding carboxylic acids is 4. The molecule has 7 nitrogen and oxygen atoms in total. The summed E-state index contributed by atoms with van der Waals surface area (Å²) in [6, 6.07) is 12.2. The summed E-state index contributed by atoms with van der Waals surface area (Å²) in [6.45, 7) is 3.60. The Morgan fingerprint density at radius 2 is 1.53 bits per heavy atom. The topological polar surface area (TPSA) is 92.8 Å². The number of hydrogen-bond acceptors (Lipinski definition) is 5. The Morgan fingerprint density at radius 1 is 0.941 bits per heavy atom. The molecule has 2 aromatic carbocycles. The molecule has 0 bridgehead atoms. The molecule has 7 heteroatoms. The molecule has 0 radical (unpaired) electrons. The summed E-state index contributed by atoms with van der Waals surface area (Å²) >= 11 is 0. The van der Waals surface area contributed by atoms with Crippen molar-refractivity contribution < 1.29 is 23.9 Å². The quantitative estimate of drug-likeness (QED) is 0.490. The van der Waals surface area contributed by atoms with E-state index in [1.54, 1.807) is 18.2 Å². The van der Waals surface area contributed by atoms with Crippen LogP contribution in [0.3, 0.4) is 0 Å². The number of imide groups is 1.